The maximum absolute atomic E-state index is 3.64. The smallest absolute Gasteiger partial charge is 0.0490 e. The van der Waals surface area contributed by atoms with Gasteiger partial charge >= 0.3 is 0 Å². The number of hydrazine groups is 1. The normalized spacial score (nSPS) is 16.5. The quantitative estimate of drug-likeness (QED) is 0.312. The van der Waals surface area contributed by atoms with Crippen molar-refractivity contribution in [3.8, 4) is 11.1 Å². The third-order valence-corrected chi connectivity index (χ3v) is 7.71. The highest BCUT2D eigenvalue weighted by Crippen LogP contribution is 2.34. The van der Waals surface area contributed by atoms with E-state index in [-0.39, 0.29) is 0 Å². The summed E-state index contributed by atoms with van der Waals surface area (Å²) < 4.78 is 2.46. The topological polar surface area (TPSA) is 23.4 Å². The first-order chi connectivity index (χ1) is 17.8. The van der Waals surface area contributed by atoms with Gasteiger partial charge in [0.15, 0.2) is 0 Å². The van der Waals surface area contributed by atoms with Gasteiger partial charge in [0.1, 0.15) is 0 Å². The highest BCUT2D eigenvalue weighted by atomic mass is 15.7. The van der Waals surface area contributed by atoms with E-state index in [9.17, 15) is 0 Å². The van der Waals surface area contributed by atoms with E-state index in [4.69, 9.17) is 0 Å². The van der Waals surface area contributed by atoms with Gasteiger partial charge < -0.3 is 14.9 Å². The SMILES string of the molecule is CCCCn1cc(CN2CCN2C2=C(c3cccc(-c4ccccc4)c3)CCNC2)c2ccccc21. The molecular weight excluding hydrogens is 440 g/mol. The molecule has 0 radical (unpaired) electrons. The van der Waals surface area contributed by atoms with E-state index < -0.39 is 0 Å². The second-order valence-electron chi connectivity index (χ2n) is 10.0. The molecule has 4 nitrogen and oxygen atoms in total. The Kier molecular flexibility index (Phi) is 6.63. The van der Waals surface area contributed by atoms with Crippen molar-refractivity contribution in [1.29, 1.82) is 0 Å². The summed E-state index contributed by atoms with van der Waals surface area (Å²) >= 11 is 0. The summed E-state index contributed by atoms with van der Waals surface area (Å²) in [6, 6.07) is 28.7. The highest BCUT2D eigenvalue weighted by molar-refractivity contribution is 5.84. The van der Waals surface area contributed by atoms with Crippen LogP contribution in [0.1, 0.15) is 37.3 Å². The van der Waals surface area contributed by atoms with Crippen molar-refractivity contribution in [1.82, 2.24) is 19.9 Å². The van der Waals surface area contributed by atoms with Crippen LogP contribution in [0.4, 0.5) is 0 Å². The van der Waals surface area contributed by atoms with Crippen LogP contribution in [-0.2, 0) is 13.1 Å². The van der Waals surface area contributed by atoms with Crippen molar-refractivity contribution in [3.63, 3.8) is 0 Å². The largest absolute Gasteiger partial charge is 0.347 e. The van der Waals surface area contributed by atoms with Gasteiger partial charge in [0.2, 0.25) is 0 Å². The molecule has 1 N–H and O–H groups in total. The van der Waals surface area contributed by atoms with Gasteiger partial charge in [0.25, 0.3) is 0 Å². The molecule has 4 aromatic rings. The zero-order chi connectivity index (χ0) is 24.3. The van der Waals surface area contributed by atoms with Crippen LogP contribution in [0.15, 0.2) is 90.8 Å². The Labute approximate surface area is 214 Å². The van der Waals surface area contributed by atoms with Crippen molar-refractivity contribution < 1.29 is 0 Å². The molecule has 0 amide bonds. The Morgan fingerprint density at radius 2 is 1.64 bits per heavy atom. The number of aryl methyl sites for hydroxylation is 1. The zero-order valence-electron chi connectivity index (χ0n) is 21.3. The summed E-state index contributed by atoms with van der Waals surface area (Å²) in [7, 11) is 0. The molecule has 1 aromatic heterocycles. The van der Waals surface area contributed by atoms with Crippen molar-refractivity contribution in [2.45, 2.75) is 39.3 Å². The van der Waals surface area contributed by atoms with Crippen molar-refractivity contribution in [2.24, 2.45) is 0 Å². The number of nitrogens with one attached hydrogen (secondary N) is 1. The molecule has 184 valence electrons. The average Bonchev–Trinajstić information content (AvgIpc) is 3.28. The summed E-state index contributed by atoms with van der Waals surface area (Å²) in [5.41, 5.74) is 9.65. The average molecular weight is 477 g/mol. The molecule has 0 saturated carbocycles. The lowest BCUT2D eigenvalue weighted by atomic mass is 9.94. The van der Waals surface area contributed by atoms with Gasteiger partial charge in [0.05, 0.1) is 0 Å². The molecule has 0 unspecified atom stereocenters. The monoisotopic (exact) mass is 476 g/mol. The number of hydrogen-bond donors (Lipinski definition) is 1. The number of hydrogen-bond acceptors (Lipinski definition) is 3. The molecule has 0 spiro atoms. The Bertz CT molecular complexity index is 1370. The molecule has 0 bridgehead atoms. The third kappa shape index (κ3) is 4.47. The minimum Gasteiger partial charge on any atom is -0.347 e. The van der Waals surface area contributed by atoms with Crippen LogP contribution in [0.5, 0.6) is 0 Å². The van der Waals surface area contributed by atoms with Gasteiger partial charge in [-0.15, -0.1) is 0 Å². The fourth-order valence-corrected chi connectivity index (χ4v) is 5.72. The summed E-state index contributed by atoms with van der Waals surface area (Å²) in [6.45, 7) is 8.48. The first-order valence-corrected chi connectivity index (χ1v) is 13.5. The first kappa shape index (κ1) is 23.1. The van der Waals surface area contributed by atoms with Crippen molar-refractivity contribution in [2.75, 3.05) is 26.2 Å². The molecule has 6 rings (SSSR count). The minimum absolute atomic E-state index is 0.930. The van der Waals surface area contributed by atoms with Crippen molar-refractivity contribution in [3.05, 3.63) is 102 Å². The Balaban J connectivity index is 1.29. The molecule has 36 heavy (non-hydrogen) atoms. The predicted molar refractivity (Wildman–Crippen MR) is 150 cm³/mol. The van der Waals surface area contributed by atoms with Crippen molar-refractivity contribution >= 4 is 16.5 Å². The predicted octanol–water partition coefficient (Wildman–Crippen LogP) is 6.55. The number of benzene rings is 3. The van der Waals surface area contributed by atoms with Gasteiger partial charge in [-0.25, -0.2) is 5.01 Å². The summed E-state index contributed by atoms with van der Waals surface area (Å²) in [5, 5.41) is 10.1. The number of nitrogens with zero attached hydrogens (tertiary/aromatic N) is 3. The number of para-hydroxylation sites is 1. The number of rotatable bonds is 8. The Hall–Kier alpha value is -3.34. The standard InChI is InChI=1S/C32H36N4/c1-2-3-18-34-23-28(29-14-7-8-15-31(29)34)24-35-19-20-36(35)32-22-33-17-16-30(32)27-13-9-12-26(21-27)25-10-5-4-6-11-25/h4-15,21,23,33H,2-3,16-20,22,24H2,1H3. The Morgan fingerprint density at radius 3 is 2.47 bits per heavy atom. The maximum Gasteiger partial charge on any atom is 0.0490 e. The molecule has 2 aliphatic rings. The van der Waals surface area contributed by atoms with Crippen LogP contribution < -0.4 is 5.32 Å². The lowest BCUT2D eigenvalue weighted by Crippen LogP contribution is -2.57. The second-order valence-corrected chi connectivity index (χ2v) is 10.0. The lowest BCUT2D eigenvalue weighted by Gasteiger charge is -2.48. The van der Waals surface area contributed by atoms with E-state index in [1.807, 2.05) is 0 Å². The summed E-state index contributed by atoms with van der Waals surface area (Å²) in [5.74, 6) is 0. The van der Waals surface area contributed by atoms with Crippen LogP contribution in [0.2, 0.25) is 0 Å². The maximum atomic E-state index is 3.64. The fraction of sp³-hybridized carbons (Fsp3) is 0.312. The molecule has 1 fully saturated rings. The number of fused-ring (bicyclic) bond motifs is 1. The molecular formula is C32H36N4. The summed E-state index contributed by atoms with van der Waals surface area (Å²) in [6.07, 6.45) is 5.90. The van der Waals surface area contributed by atoms with E-state index in [2.05, 4.69) is 112 Å². The molecule has 3 heterocycles. The van der Waals surface area contributed by atoms with E-state index in [0.717, 1.165) is 45.7 Å². The van der Waals surface area contributed by atoms with Gasteiger partial charge in [0, 0.05) is 55.5 Å². The van der Waals surface area contributed by atoms with Gasteiger partial charge in [-0.2, -0.15) is 0 Å². The van der Waals surface area contributed by atoms with Crippen LogP contribution in [0.25, 0.3) is 27.6 Å². The fourth-order valence-electron chi connectivity index (χ4n) is 5.72. The van der Waals surface area contributed by atoms with E-state index in [1.165, 1.54) is 57.3 Å². The van der Waals surface area contributed by atoms with E-state index >= 15 is 0 Å². The van der Waals surface area contributed by atoms with E-state index in [1.54, 1.807) is 0 Å². The zero-order valence-corrected chi connectivity index (χ0v) is 21.3. The number of aromatic nitrogens is 1. The highest BCUT2D eigenvalue weighted by Gasteiger charge is 2.31. The van der Waals surface area contributed by atoms with Gasteiger partial charge in [-0.3, -0.25) is 0 Å². The molecule has 3 aromatic carbocycles. The minimum atomic E-state index is 0.930. The lowest BCUT2D eigenvalue weighted by molar-refractivity contribution is -0.0895. The van der Waals surface area contributed by atoms with Gasteiger partial charge in [-0.05, 0) is 59.3 Å². The summed E-state index contributed by atoms with van der Waals surface area (Å²) in [4.78, 5) is 0. The van der Waals surface area contributed by atoms with Crippen LogP contribution in [0, 0.1) is 0 Å². The van der Waals surface area contributed by atoms with Gasteiger partial charge in [-0.1, -0.05) is 80.1 Å². The molecule has 0 aliphatic carbocycles. The third-order valence-electron chi connectivity index (χ3n) is 7.71. The molecule has 0 atom stereocenters. The van der Waals surface area contributed by atoms with Crippen LogP contribution >= 0.6 is 0 Å². The first-order valence-electron chi connectivity index (χ1n) is 13.5. The molecule has 1 saturated heterocycles. The number of unbranched alkanes of at least 4 members (excludes halogenated alkanes) is 1. The molecule has 4 heteroatoms. The van der Waals surface area contributed by atoms with E-state index in [0.29, 0.717) is 0 Å². The van der Waals surface area contributed by atoms with Crippen LogP contribution in [0.3, 0.4) is 0 Å². The van der Waals surface area contributed by atoms with Crippen LogP contribution in [-0.4, -0.2) is 40.8 Å². The Morgan fingerprint density at radius 1 is 0.833 bits per heavy atom. The second kappa shape index (κ2) is 10.3. The molecule has 2 aliphatic heterocycles.